The molecule has 1 atom stereocenters. The Kier molecular flexibility index (Phi) is 6.73. The first kappa shape index (κ1) is 21.2. The average Bonchev–Trinajstić information content (AvgIpc) is 2.73. The predicted octanol–water partition coefficient (Wildman–Crippen LogP) is 0.895. The van der Waals surface area contributed by atoms with Gasteiger partial charge in [-0.05, 0) is 38.0 Å². The molecule has 1 saturated heterocycles. The Balaban J connectivity index is 1.59. The van der Waals surface area contributed by atoms with Gasteiger partial charge in [-0.3, -0.25) is 4.79 Å². The molecule has 1 N–H and O–H groups in total. The Bertz CT molecular complexity index is 788. The molecule has 1 aromatic carbocycles. The highest BCUT2D eigenvalue weighted by Crippen LogP contribution is 2.22. The van der Waals surface area contributed by atoms with Crippen molar-refractivity contribution in [1.29, 1.82) is 0 Å². The second-order valence-corrected chi connectivity index (χ2v) is 9.92. The van der Waals surface area contributed by atoms with Gasteiger partial charge >= 0.3 is 0 Å². The number of nitrogens with one attached hydrogen (secondary N) is 1. The molecule has 156 valence electrons. The van der Waals surface area contributed by atoms with Crippen molar-refractivity contribution in [3.63, 3.8) is 0 Å². The zero-order chi connectivity index (χ0) is 20.3. The summed E-state index contributed by atoms with van der Waals surface area (Å²) in [4.78, 5) is 15.9. The first-order valence-corrected chi connectivity index (χ1v) is 11.6. The van der Waals surface area contributed by atoms with Gasteiger partial charge in [-0.25, -0.2) is 12.8 Å². The molecule has 0 radical (unpaired) electrons. The van der Waals surface area contributed by atoms with E-state index in [1.54, 1.807) is 0 Å². The number of halogens is 1. The molecular formula is C20H31FN3O3S+. The summed E-state index contributed by atoms with van der Waals surface area (Å²) in [6, 6.07) is 5.26. The summed E-state index contributed by atoms with van der Waals surface area (Å²) in [5.41, 5.74) is 0. The maximum atomic E-state index is 13.4. The molecule has 6 nitrogen and oxygen atoms in total. The summed E-state index contributed by atoms with van der Waals surface area (Å²) in [6.07, 6.45) is 5.76. The topological polar surface area (TPSA) is 62.1 Å². The highest BCUT2D eigenvalue weighted by atomic mass is 32.2. The van der Waals surface area contributed by atoms with Gasteiger partial charge < -0.3 is 9.80 Å². The van der Waals surface area contributed by atoms with Gasteiger partial charge in [-0.1, -0.05) is 25.3 Å². The summed E-state index contributed by atoms with van der Waals surface area (Å²) >= 11 is 0. The zero-order valence-electron chi connectivity index (χ0n) is 16.7. The number of hydrogen-bond acceptors (Lipinski definition) is 3. The van der Waals surface area contributed by atoms with Crippen molar-refractivity contribution in [3.8, 4) is 0 Å². The number of carbonyl (C=O) groups excluding carboxylic acids is 1. The first-order valence-electron chi connectivity index (χ1n) is 10.2. The van der Waals surface area contributed by atoms with E-state index >= 15 is 0 Å². The van der Waals surface area contributed by atoms with E-state index in [0.29, 0.717) is 32.2 Å². The summed E-state index contributed by atoms with van der Waals surface area (Å²) in [6.45, 7) is 3.74. The van der Waals surface area contributed by atoms with Crippen LogP contribution in [0, 0.1) is 5.82 Å². The van der Waals surface area contributed by atoms with E-state index in [0.717, 1.165) is 23.8 Å². The van der Waals surface area contributed by atoms with E-state index in [1.807, 2.05) is 18.9 Å². The van der Waals surface area contributed by atoms with Crippen LogP contribution in [0.25, 0.3) is 0 Å². The fraction of sp³-hybridized carbons (Fsp3) is 0.650. The van der Waals surface area contributed by atoms with Crippen molar-refractivity contribution in [3.05, 3.63) is 30.1 Å². The van der Waals surface area contributed by atoms with Gasteiger partial charge in [0.2, 0.25) is 10.0 Å². The molecule has 1 aromatic rings. The summed E-state index contributed by atoms with van der Waals surface area (Å²) in [5.74, 6) is -0.418. The van der Waals surface area contributed by atoms with Crippen molar-refractivity contribution in [2.75, 3.05) is 33.2 Å². The summed E-state index contributed by atoms with van der Waals surface area (Å²) in [7, 11) is -1.80. The van der Waals surface area contributed by atoms with Crippen LogP contribution >= 0.6 is 0 Å². The lowest BCUT2D eigenvalue weighted by atomic mass is 9.94. The fourth-order valence-electron chi connectivity index (χ4n) is 4.35. The van der Waals surface area contributed by atoms with E-state index in [9.17, 15) is 17.6 Å². The van der Waals surface area contributed by atoms with E-state index in [2.05, 4.69) is 0 Å². The molecule has 28 heavy (non-hydrogen) atoms. The Morgan fingerprint density at radius 3 is 2.46 bits per heavy atom. The van der Waals surface area contributed by atoms with Crippen LogP contribution in [0.15, 0.2) is 29.2 Å². The second-order valence-electron chi connectivity index (χ2n) is 7.98. The van der Waals surface area contributed by atoms with Crippen molar-refractivity contribution < 1.29 is 22.5 Å². The second kappa shape index (κ2) is 8.88. The molecule has 1 saturated carbocycles. The number of likely N-dealkylation sites (N-methyl/N-ethyl adjacent to an activating group) is 1. The highest BCUT2D eigenvalue weighted by Gasteiger charge is 2.36. The number of amides is 1. The molecule has 3 rings (SSSR count). The van der Waals surface area contributed by atoms with Crippen molar-refractivity contribution in [2.45, 2.75) is 56.0 Å². The first-order chi connectivity index (χ1) is 13.3. The van der Waals surface area contributed by atoms with Gasteiger partial charge in [-0.15, -0.1) is 0 Å². The van der Waals surface area contributed by atoms with Crippen LogP contribution in [0.5, 0.6) is 0 Å². The van der Waals surface area contributed by atoms with Crippen LogP contribution in [0.4, 0.5) is 4.39 Å². The minimum Gasteiger partial charge on any atom is -0.338 e. The van der Waals surface area contributed by atoms with E-state index in [-0.39, 0.29) is 16.8 Å². The molecule has 1 amide bonds. The molecule has 8 heteroatoms. The maximum Gasteiger partial charge on any atom is 0.280 e. The van der Waals surface area contributed by atoms with Crippen LogP contribution in [0.1, 0.15) is 39.0 Å². The standard InChI is InChI=1S/C20H30FN3O3S/c1-16(20(25)22(2)18-8-4-3-5-9-18)23-11-13-24(14-12-23)28(26,27)19-10-6-7-17(21)15-19/h6-7,10,15-16,18H,3-5,8-9,11-14H2,1-2H3/p+1/t16-/m1/s1. The van der Waals surface area contributed by atoms with Gasteiger partial charge in [0, 0.05) is 13.1 Å². The SMILES string of the molecule is C[C@H](C(=O)N(C)C1CCCCC1)[NH+]1CCN(S(=O)(=O)c2cccc(F)c2)CC1. The minimum atomic E-state index is -3.70. The number of piperazine rings is 1. The van der Waals surface area contributed by atoms with Gasteiger partial charge in [0.15, 0.2) is 6.04 Å². The lowest BCUT2D eigenvalue weighted by Crippen LogP contribution is -3.19. The van der Waals surface area contributed by atoms with E-state index in [4.69, 9.17) is 0 Å². The summed E-state index contributed by atoms with van der Waals surface area (Å²) in [5, 5.41) is 0. The van der Waals surface area contributed by atoms with Crippen LogP contribution in [0.2, 0.25) is 0 Å². The lowest BCUT2D eigenvalue weighted by molar-refractivity contribution is -0.918. The van der Waals surface area contributed by atoms with Gasteiger partial charge in [-0.2, -0.15) is 4.31 Å². The van der Waals surface area contributed by atoms with Crippen molar-refractivity contribution >= 4 is 15.9 Å². The number of quaternary nitrogens is 1. The Hall–Kier alpha value is -1.51. The van der Waals surface area contributed by atoms with Crippen LogP contribution in [-0.4, -0.2) is 68.8 Å². The maximum absolute atomic E-state index is 13.4. The van der Waals surface area contributed by atoms with E-state index in [1.165, 1.54) is 41.8 Å². The molecular weight excluding hydrogens is 381 g/mol. The summed E-state index contributed by atoms with van der Waals surface area (Å²) < 4.78 is 40.3. The third-order valence-electron chi connectivity index (χ3n) is 6.25. The number of rotatable bonds is 5. The third kappa shape index (κ3) is 4.55. The van der Waals surface area contributed by atoms with Gasteiger partial charge in [0.25, 0.3) is 5.91 Å². The average molecular weight is 413 g/mol. The van der Waals surface area contributed by atoms with E-state index < -0.39 is 15.8 Å². The predicted molar refractivity (Wildman–Crippen MR) is 105 cm³/mol. The van der Waals surface area contributed by atoms with Gasteiger partial charge in [0.05, 0.1) is 31.1 Å². The number of carbonyl (C=O) groups is 1. The largest absolute Gasteiger partial charge is 0.338 e. The number of hydrogen-bond donors (Lipinski definition) is 1. The Morgan fingerprint density at radius 2 is 1.86 bits per heavy atom. The Labute approximate surface area is 167 Å². The van der Waals surface area contributed by atoms with Crippen LogP contribution in [0.3, 0.4) is 0 Å². The molecule has 1 aliphatic heterocycles. The molecule has 0 spiro atoms. The molecule has 0 aromatic heterocycles. The fourth-order valence-corrected chi connectivity index (χ4v) is 5.83. The number of sulfonamides is 1. The lowest BCUT2D eigenvalue weighted by Gasteiger charge is -2.37. The number of nitrogens with zero attached hydrogens (tertiary/aromatic N) is 2. The smallest absolute Gasteiger partial charge is 0.280 e. The molecule has 1 aliphatic carbocycles. The molecule has 1 heterocycles. The van der Waals surface area contributed by atoms with Crippen LogP contribution in [-0.2, 0) is 14.8 Å². The van der Waals surface area contributed by atoms with Crippen molar-refractivity contribution in [2.24, 2.45) is 0 Å². The van der Waals surface area contributed by atoms with Crippen molar-refractivity contribution in [1.82, 2.24) is 9.21 Å². The Morgan fingerprint density at radius 1 is 1.21 bits per heavy atom. The highest BCUT2D eigenvalue weighted by molar-refractivity contribution is 7.89. The minimum absolute atomic E-state index is 0.0166. The zero-order valence-corrected chi connectivity index (χ0v) is 17.5. The van der Waals surface area contributed by atoms with Crippen LogP contribution < -0.4 is 4.90 Å². The normalized spacial score (nSPS) is 21.4. The molecule has 0 unspecified atom stereocenters. The number of benzene rings is 1. The molecule has 2 fully saturated rings. The quantitative estimate of drug-likeness (QED) is 0.782. The molecule has 2 aliphatic rings. The van der Waals surface area contributed by atoms with Gasteiger partial charge in [0.1, 0.15) is 5.82 Å². The third-order valence-corrected chi connectivity index (χ3v) is 8.15. The monoisotopic (exact) mass is 412 g/mol. The molecule has 0 bridgehead atoms.